The average molecular weight is 337 g/mol. The van der Waals surface area contributed by atoms with Crippen molar-refractivity contribution in [3.05, 3.63) is 30.1 Å². The normalized spacial score (nSPS) is 16.3. The zero-order chi connectivity index (χ0) is 16.2. The molecule has 1 unspecified atom stereocenters. The number of carbonyl (C=O) groups is 1. The molecule has 122 valence electrons. The van der Waals surface area contributed by atoms with Crippen molar-refractivity contribution < 1.29 is 18.3 Å². The SMILES string of the molecule is CC(Sc1nnc(-c2ccc(F)cc2)o1)C(=O)N1CCOCC1. The maximum absolute atomic E-state index is 12.9. The Morgan fingerprint density at radius 3 is 2.65 bits per heavy atom. The standard InChI is InChI=1S/C15H16FN3O3S/c1-10(14(20)19-6-8-21-9-7-19)23-15-18-17-13(22-15)11-2-4-12(16)5-3-11/h2-5,10H,6-9H2,1H3. The van der Waals surface area contributed by atoms with Crippen molar-refractivity contribution in [3.8, 4) is 11.5 Å². The molecule has 1 aromatic carbocycles. The lowest BCUT2D eigenvalue weighted by molar-refractivity contribution is -0.134. The van der Waals surface area contributed by atoms with Crippen LogP contribution < -0.4 is 0 Å². The fraction of sp³-hybridized carbons (Fsp3) is 0.400. The van der Waals surface area contributed by atoms with Crippen LogP contribution in [0.5, 0.6) is 0 Å². The summed E-state index contributed by atoms with van der Waals surface area (Å²) in [5.74, 6) is 0.00551. The summed E-state index contributed by atoms with van der Waals surface area (Å²) in [6, 6.07) is 5.80. The molecule has 3 rings (SSSR count). The lowest BCUT2D eigenvalue weighted by atomic mass is 10.2. The van der Waals surface area contributed by atoms with Gasteiger partial charge in [0.1, 0.15) is 5.82 Å². The molecule has 0 radical (unpaired) electrons. The van der Waals surface area contributed by atoms with Gasteiger partial charge in [-0.05, 0) is 31.2 Å². The van der Waals surface area contributed by atoms with E-state index in [9.17, 15) is 9.18 Å². The van der Waals surface area contributed by atoms with E-state index in [4.69, 9.17) is 9.15 Å². The molecule has 6 nitrogen and oxygen atoms in total. The van der Waals surface area contributed by atoms with Gasteiger partial charge in [-0.15, -0.1) is 10.2 Å². The van der Waals surface area contributed by atoms with Gasteiger partial charge in [0.2, 0.25) is 11.8 Å². The topological polar surface area (TPSA) is 68.5 Å². The summed E-state index contributed by atoms with van der Waals surface area (Å²) in [5.41, 5.74) is 0.637. The number of amides is 1. The molecule has 1 fully saturated rings. The summed E-state index contributed by atoms with van der Waals surface area (Å²) in [4.78, 5) is 14.1. The van der Waals surface area contributed by atoms with Crippen LogP contribution in [0.2, 0.25) is 0 Å². The van der Waals surface area contributed by atoms with E-state index in [-0.39, 0.29) is 17.0 Å². The van der Waals surface area contributed by atoms with E-state index >= 15 is 0 Å². The first-order valence-corrected chi connectivity index (χ1v) is 8.14. The number of ether oxygens (including phenoxy) is 1. The fourth-order valence-electron chi connectivity index (χ4n) is 2.21. The van der Waals surface area contributed by atoms with Crippen molar-refractivity contribution >= 4 is 17.7 Å². The van der Waals surface area contributed by atoms with E-state index in [1.165, 1.54) is 23.9 Å². The average Bonchev–Trinajstić information content (AvgIpc) is 3.04. The molecule has 8 heteroatoms. The first-order chi connectivity index (χ1) is 11.1. The highest BCUT2D eigenvalue weighted by Gasteiger charge is 2.25. The first-order valence-electron chi connectivity index (χ1n) is 7.26. The number of rotatable bonds is 4. The van der Waals surface area contributed by atoms with Crippen LogP contribution in [0.25, 0.3) is 11.5 Å². The van der Waals surface area contributed by atoms with Crippen LogP contribution in [0.4, 0.5) is 4.39 Å². The summed E-state index contributed by atoms with van der Waals surface area (Å²) in [6.07, 6.45) is 0. The number of aromatic nitrogens is 2. The van der Waals surface area contributed by atoms with Crippen LogP contribution >= 0.6 is 11.8 Å². The molecule has 1 aromatic heterocycles. The van der Waals surface area contributed by atoms with Crippen molar-refractivity contribution in [1.29, 1.82) is 0 Å². The summed E-state index contributed by atoms with van der Waals surface area (Å²) < 4.78 is 23.7. The van der Waals surface area contributed by atoms with Crippen molar-refractivity contribution in [3.63, 3.8) is 0 Å². The van der Waals surface area contributed by atoms with E-state index in [0.717, 1.165) is 0 Å². The van der Waals surface area contributed by atoms with Gasteiger partial charge in [-0.3, -0.25) is 4.79 Å². The van der Waals surface area contributed by atoms with E-state index in [0.29, 0.717) is 43.0 Å². The number of morpholine rings is 1. The van der Waals surface area contributed by atoms with E-state index in [1.807, 2.05) is 6.92 Å². The molecule has 0 aliphatic carbocycles. The van der Waals surface area contributed by atoms with Gasteiger partial charge in [-0.25, -0.2) is 4.39 Å². The molecule has 1 aliphatic heterocycles. The van der Waals surface area contributed by atoms with Crippen LogP contribution in [0, 0.1) is 5.82 Å². The van der Waals surface area contributed by atoms with Crippen LogP contribution in [-0.4, -0.2) is 52.6 Å². The van der Waals surface area contributed by atoms with E-state index in [1.54, 1.807) is 17.0 Å². The predicted octanol–water partition coefficient (Wildman–Crippen LogP) is 2.22. The molecule has 0 saturated carbocycles. The van der Waals surface area contributed by atoms with Gasteiger partial charge in [0.25, 0.3) is 5.22 Å². The molecule has 0 bridgehead atoms. The van der Waals surface area contributed by atoms with Gasteiger partial charge in [0.05, 0.1) is 18.5 Å². The smallest absolute Gasteiger partial charge is 0.277 e. The maximum atomic E-state index is 12.9. The van der Waals surface area contributed by atoms with Gasteiger partial charge in [0.15, 0.2) is 0 Å². The monoisotopic (exact) mass is 337 g/mol. The Balaban J connectivity index is 1.64. The second-order valence-corrected chi connectivity index (χ2v) is 6.37. The predicted molar refractivity (Wildman–Crippen MR) is 82.4 cm³/mol. The Hall–Kier alpha value is -1.93. The van der Waals surface area contributed by atoms with E-state index < -0.39 is 0 Å². The molecule has 2 heterocycles. The highest BCUT2D eigenvalue weighted by molar-refractivity contribution is 8.00. The molecule has 0 N–H and O–H groups in total. The van der Waals surface area contributed by atoms with Gasteiger partial charge in [-0.1, -0.05) is 11.8 Å². The summed E-state index contributed by atoms with van der Waals surface area (Å²) in [5, 5.41) is 7.87. The van der Waals surface area contributed by atoms with Crippen LogP contribution in [0.1, 0.15) is 6.92 Å². The molecule has 23 heavy (non-hydrogen) atoms. The summed E-state index contributed by atoms with van der Waals surface area (Å²) in [7, 11) is 0. The Morgan fingerprint density at radius 2 is 1.96 bits per heavy atom. The van der Waals surface area contributed by atoms with Crippen molar-refractivity contribution in [2.45, 2.75) is 17.4 Å². The van der Waals surface area contributed by atoms with Crippen molar-refractivity contribution in [1.82, 2.24) is 15.1 Å². The van der Waals surface area contributed by atoms with Crippen LogP contribution in [-0.2, 0) is 9.53 Å². The number of nitrogens with zero attached hydrogens (tertiary/aromatic N) is 3. The number of hydrogen-bond acceptors (Lipinski definition) is 6. The largest absolute Gasteiger partial charge is 0.411 e. The molecule has 1 saturated heterocycles. The second kappa shape index (κ2) is 7.10. The maximum Gasteiger partial charge on any atom is 0.277 e. The second-order valence-electron chi connectivity index (χ2n) is 5.08. The van der Waals surface area contributed by atoms with Crippen LogP contribution in [0.3, 0.4) is 0 Å². The number of hydrogen-bond donors (Lipinski definition) is 0. The minimum absolute atomic E-state index is 0.0276. The van der Waals surface area contributed by atoms with Gasteiger partial charge in [0, 0.05) is 18.7 Å². The molecular formula is C15H16FN3O3S. The Morgan fingerprint density at radius 1 is 1.26 bits per heavy atom. The lowest BCUT2D eigenvalue weighted by Crippen LogP contribution is -2.44. The zero-order valence-electron chi connectivity index (χ0n) is 12.6. The van der Waals surface area contributed by atoms with E-state index in [2.05, 4.69) is 10.2 Å². The Kier molecular flexibility index (Phi) is 4.92. The third-order valence-electron chi connectivity index (χ3n) is 3.45. The number of benzene rings is 1. The van der Waals surface area contributed by atoms with Gasteiger partial charge in [-0.2, -0.15) is 0 Å². The van der Waals surface area contributed by atoms with Gasteiger partial charge >= 0.3 is 0 Å². The first kappa shape index (κ1) is 15.9. The van der Waals surface area contributed by atoms with Gasteiger partial charge < -0.3 is 14.1 Å². The van der Waals surface area contributed by atoms with Crippen LogP contribution in [0.15, 0.2) is 33.9 Å². The Labute approximate surface area is 137 Å². The zero-order valence-corrected chi connectivity index (χ0v) is 13.4. The summed E-state index contributed by atoms with van der Waals surface area (Å²) in [6.45, 7) is 4.16. The fourth-order valence-corrected chi connectivity index (χ4v) is 2.98. The Bertz CT molecular complexity index is 671. The minimum atomic E-state index is -0.326. The third kappa shape index (κ3) is 3.89. The molecule has 2 aromatic rings. The highest BCUT2D eigenvalue weighted by atomic mass is 32.2. The highest BCUT2D eigenvalue weighted by Crippen LogP contribution is 2.27. The number of thioether (sulfide) groups is 1. The third-order valence-corrected chi connectivity index (χ3v) is 4.37. The molecule has 1 amide bonds. The van der Waals surface area contributed by atoms with Crippen molar-refractivity contribution in [2.75, 3.05) is 26.3 Å². The molecule has 1 atom stereocenters. The minimum Gasteiger partial charge on any atom is -0.411 e. The van der Waals surface area contributed by atoms with Crippen molar-refractivity contribution in [2.24, 2.45) is 0 Å². The molecule has 1 aliphatic rings. The number of carbonyl (C=O) groups excluding carboxylic acids is 1. The molecule has 0 spiro atoms. The quantitative estimate of drug-likeness (QED) is 0.797. The summed E-state index contributed by atoms with van der Waals surface area (Å²) >= 11 is 1.22. The lowest BCUT2D eigenvalue weighted by Gasteiger charge is -2.28. The number of halogens is 1. The molecular weight excluding hydrogens is 321 g/mol.